The van der Waals surface area contributed by atoms with E-state index in [1.54, 1.807) is 24.3 Å². The average Bonchev–Trinajstić information content (AvgIpc) is 3.29. The van der Waals surface area contributed by atoms with Crippen molar-refractivity contribution in [3.05, 3.63) is 64.1 Å². The van der Waals surface area contributed by atoms with Crippen LogP contribution in [0.5, 0.6) is 11.5 Å². The van der Waals surface area contributed by atoms with Crippen LogP contribution in [-0.2, 0) is 4.79 Å². The lowest BCUT2D eigenvalue weighted by atomic mass is 10.2. The summed E-state index contributed by atoms with van der Waals surface area (Å²) in [6.07, 6.45) is 1.70. The van der Waals surface area contributed by atoms with Crippen LogP contribution in [0.15, 0.2) is 41.3 Å². The Balaban J connectivity index is 1.38. The Hall–Kier alpha value is -2.98. The third kappa shape index (κ3) is 4.14. The quantitative estimate of drug-likeness (QED) is 0.559. The minimum absolute atomic E-state index is 0.0263. The monoisotopic (exact) mass is 448 g/mol. The maximum Gasteiger partial charge on any atom is 0.266 e. The summed E-state index contributed by atoms with van der Waals surface area (Å²) in [4.78, 5) is 26.5. The third-order valence-corrected chi connectivity index (χ3v) is 5.74. The standard InChI is InChI=1S/C20H14F2N2O4S2/c21-12-2-3-14(22)13(9-12)18(25)23-5-6-24-19(26)17(30-20(24)29)8-11-1-4-15-16(7-11)28-10-27-15/h1-4,7-9H,5-6,10H2,(H,23,25). The normalized spacial score (nSPS) is 16.5. The summed E-state index contributed by atoms with van der Waals surface area (Å²) in [5.41, 5.74) is 0.359. The number of carbonyl (C=O) groups excluding carboxylic acids is 2. The lowest BCUT2D eigenvalue weighted by molar-refractivity contribution is -0.122. The molecule has 6 nitrogen and oxygen atoms in total. The van der Waals surface area contributed by atoms with Crippen molar-refractivity contribution >= 4 is 46.2 Å². The number of thioether (sulfide) groups is 1. The molecule has 2 heterocycles. The molecule has 0 bridgehead atoms. The van der Waals surface area contributed by atoms with E-state index in [2.05, 4.69) is 5.32 Å². The first kappa shape index (κ1) is 20.3. The van der Waals surface area contributed by atoms with Gasteiger partial charge in [0.1, 0.15) is 16.0 Å². The van der Waals surface area contributed by atoms with E-state index < -0.39 is 23.1 Å². The highest BCUT2D eigenvalue weighted by atomic mass is 32.2. The molecule has 0 saturated carbocycles. The minimum atomic E-state index is -0.828. The second kappa shape index (κ2) is 8.41. The number of benzene rings is 2. The summed E-state index contributed by atoms with van der Waals surface area (Å²) in [6.45, 7) is 0.288. The van der Waals surface area contributed by atoms with E-state index in [0.717, 1.165) is 35.5 Å². The molecule has 0 radical (unpaired) electrons. The van der Waals surface area contributed by atoms with Crippen molar-refractivity contribution in [2.75, 3.05) is 19.9 Å². The second-order valence-corrected chi connectivity index (χ2v) is 8.00. The summed E-state index contributed by atoms with van der Waals surface area (Å²) in [7, 11) is 0. The lowest BCUT2D eigenvalue weighted by Crippen LogP contribution is -2.37. The fraction of sp³-hybridized carbons (Fsp3) is 0.150. The number of nitrogens with one attached hydrogen (secondary N) is 1. The maximum absolute atomic E-state index is 13.7. The Morgan fingerprint density at radius 1 is 1.20 bits per heavy atom. The predicted octanol–water partition coefficient (Wildman–Crippen LogP) is 3.32. The number of fused-ring (bicyclic) bond motifs is 1. The SMILES string of the molecule is O=C(NCCN1C(=O)C(=Cc2ccc3c(c2)OCO3)SC1=S)c1cc(F)ccc1F. The number of halogens is 2. The van der Waals surface area contributed by atoms with Gasteiger partial charge >= 0.3 is 0 Å². The molecule has 0 aliphatic carbocycles. The molecule has 2 aromatic carbocycles. The van der Waals surface area contributed by atoms with Crippen LogP contribution in [-0.4, -0.2) is 40.9 Å². The van der Waals surface area contributed by atoms with E-state index in [9.17, 15) is 18.4 Å². The number of carbonyl (C=O) groups is 2. The van der Waals surface area contributed by atoms with Gasteiger partial charge in [-0.25, -0.2) is 8.78 Å². The number of hydrogen-bond acceptors (Lipinski definition) is 6. The third-order valence-electron chi connectivity index (χ3n) is 4.36. The van der Waals surface area contributed by atoms with Crippen molar-refractivity contribution in [3.63, 3.8) is 0 Å². The van der Waals surface area contributed by atoms with Gasteiger partial charge in [-0.05, 0) is 42.0 Å². The number of thiocarbonyl (C=S) groups is 1. The number of ether oxygens (including phenoxy) is 2. The molecule has 2 aliphatic rings. The van der Waals surface area contributed by atoms with Crippen molar-refractivity contribution < 1.29 is 27.8 Å². The fourth-order valence-electron chi connectivity index (χ4n) is 2.90. The first-order valence-electron chi connectivity index (χ1n) is 8.80. The Morgan fingerprint density at radius 3 is 2.83 bits per heavy atom. The summed E-state index contributed by atoms with van der Waals surface area (Å²) >= 11 is 6.40. The number of rotatable bonds is 5. The van der Waals surface area contributed by atoms with Crippen molar-refractivity contribution in [2.45, 2.75) is 0 Å². The zero-order valence-corrected chi connectivity index (χ0v) is 16.9. The van der Waals surface area contributed by atoms with Gasteiger partial charge in [0.25, 0.3) is 11.8 Å². The molecule has 2 aliphatic heterocycles. The summed E-state index contributed by atoms with van der Waals surface area (Å²) < 4.78 is 37.8. The van der Waals surface area contributed by atoms with Crippen LogP contribution < -0.4 is 14.8 Å². The predicted molar refractivity (Wildman–Crippen MR) is 111 cm³/mol. The van der Waals surface area contributed by atoms with Gasteiger partial charge in [0.05, 0.1) is 10.5 Å². The highest BCUT2D eigenvalue weighted by Gasteiger charge is 2.32. The lowest BCUT2D eigenvalue weighted by Gasteiger charge is -2.15. The Labute approximate surface area is 179 Å². The van der Waals surface area contributed by atoms with Crippen LogP contribution in [0.4, 0.5) is 8.78 Å². The largest absolute Gasteiger partial charge is 0.454 e. The van der Waals surface area contributed by atoms with Crippen molar-refractivity contribution in [2.24, 2.45) is 0 Å². The maximum atomic E-state index is 13.7. The molecule has 1 fully saturated rings. The molecule has 0 unspecified atom stereocenters. The minimum Gasteiger partial charge on any atom is -0.454 e. The molecule has 2 amide bonds. The summed E-state index contributed by atoms with van der Waals surface area (Å²) in [5, 5.41) is 2.47. The molecule has 0 spiro atoms. The van der Waals surface area contributed by atoms with Crippen LogP contribution in [0, 0.1) is 11.6 Å². The summed E-state index contributed by atoms with van der Waals surface area (Å²) in [6, 6.07) is 7.96. The molecular formula is C20H14F2N2O4S2. The van der Waals surface area contributed by atoms with Crippen LogP contribution >= 0.6 is 24.0 Å². The van der Waals surface area contributed by atoms with Gasteiger partial charge < -0.3 is 14.8 Å². The van der Waals surface area contributed by atoms with Crippen LogP contribution in [0.1, 0.15) is 15.9 Å². The molecule has 30 heavy (non-hydrogen) atoms. The van der Waals surface area contributed by atoms with Crippen LogP contribution in [0.2, 0.25) is 0 Å². The van der Waals surface area contributed by atoms with Crippen molar-refractivity contribution in [3.8, 4) is 11.5 Å². The summed E-state index contributed by atoms with van der Waals surface area (Å²) in [5.74, 6) is -1.36. The van der Waals surface area contributed by atoms with Gasteiger partial charge in [0.15, 0.2) is 11.5 Å². The second-order valence-electron chi connectivity index (χ2n) is 6.33. The molecule has 4 rings (SSSR count). The smallest absolute Gasteiger partial charge is 0.266 e. The molecule has 154 valence electrons. The van der Waals surface area contributed by atoms with Crippen molar-refractivity contribution in [1.29, 1.82) is 0 Å². The first-order valence-corrected chi connectivity index (χ1v) is 10.0. The molecule has 1 N–H and O–H groups in total. The van der Waals surface area contributed by atoms with E-state index in [1.807, 2.05) is 0 Å². The molecule has 0 aromatic heterocycles. The topological polar surface area (TPSA) is 67.9 Å². The van der Waals surface area contributed by atoms with Gasteiger partial charge in [-0.3, -0.25) is 14.5 Å². The van der Waals surface area contributed by atoms with Crippen LogP contribution in [0.25, 0.3) is 6.08 Å². The average molecular weight is 448 g/mol. The molecule has 2 aromatic rings. The Morgan fingerprint density at radius 2 is 2.00 bits per heavy atom. The first-order chi connectivity index (χ1) is 14.4. The van der Waals surface area contributed by atoms with Gasteiger partial charge in [-0.2, -0.15) is 0 Å². The fourth-order valence-corrected chi connectivity index (χ4v) is 4.20. The zero-order valence-electron chi connectivity index (χ0n) is 15.3. The molecule has 10 heteroatoms. The van der Waals surface area contributed by atoms with E-state index >= 15 is 0 Å². The molecule has 0 atom stereocenters. The molecule has 1 saturated heterocycles. The number of hydrogen-bond donors (Lipinski definition) is 1. The Kier molecular flexibility index (Phi) is 5.69. The van der Waals surface area contributed by atoms with E-state index in [1.165, 1.54) is 4.90 Å². The number of amides is 2. The Bertz CT molecular complexity index is 1090. The van der Waals surface area contributed by atoms with Gasteiger partial charge in [0.2, 0.25) is 6.79 Å². The van der Waals surface area contributed by atoms with Gasteiger partial charge in [-0.15, -0.1) is 0 Å². The van der Waals surface area contributed by atoms with Gasteiger partial charge in [0, 0.05) is 13.1 Å². The zero-order chi connectivity index (χ0) is 21.3. The van der Waals surface area contributed by atoms with Gasteiger partial charge in [-0.1, -0.05) is 30.0 Å². The van der Waals surface area contributed by atoms with E-state index in [0.29, 0.717) is 20.7 Å². The van der Waals surface area contributed by atoms with Crippen LogP contribution in [0.3, 0.4) is 0 Å². The van der Waals surface area contributed by atoms with Crippen molar-refractivity contribution in [1.82, 2.24) is 10.2 Å². The highest BCUT2D eigenvalue weighted by Crippen LogP contribution is 2.36. The van der Waals surface area contributed by atoms with E-state index in [-0.39, 0.29) is 25.8 Å². The highest BCUT2D eigenvalue weighted by molar-refractivity contribution is 8.26. The molecular weight excluding hydrogens is 434 g/mol. The van der Waals surface area contributed by atoms with E-state index in [4.69, 9.17) is 21.7 Å². The number of nitrogens with zero attached hydrogens (tertiary/aromatic N) is 1.